The van der Waals surface area contributed by atoms with E-state index in [1.54, 1.807) is 6.07 Å². The van der Waals surface area contributed by atoms with Gasteiger partial charge in [0.2, 0.25) is 0 Å². The molecule has 2 atom stereocenters. The van der Waals surface area contributed by atoms with Crippen LogP contribution in [-0.2, 0) is 5.41 Å². The van der Waals surface area contributed by atoms with Crippen molar-refractivity contribution in [3.05, 3.63) is 34.6 Å². The minimum atomic E-state index is -0.630. The third-order valence-corrected chi connectivity index (χ3v) is 3.15. The van der Waals surface area contributed by atoms with E-state index in [1.165, 1.54) is 12.1 Å². The van der Waals surface area contributed by atoms with Gasteiger partial charge in [0.05, 0.1) is 11.5 Å². The van der Waals surface area contributed by atoms with Crippen LogP contribution in [0.5, 0.6) is 0 Å². The lowest BCUT2D eigenvalue weighted by atomic mass is 9.95. The molecule has 0 spiro atoms. The smallest absolute Gasteiger partial charge is 0.128 e. The molecule has 1 saturated carbocycles. The van der Waals surface area contributed by atoms with Crippen LogP contribution < -0.4 is 0 Å². The zero-order valence-electron chi connectivity index (χ0n) is 7.72. The van der Waals surface area contributed by atoms with Crippen LogP contribution in [0.2, 0.25) is 5.02 Å². The summed E-state index contributed by atoms with van der Waals surface area (Å²) in [4.78, 5) is 0. The maximum absolute atomic E-state index is 13.5. The van der Waals surface area contributed by atoms with E-state index in [1.807, 2.05) is 6.92 Å². The van der Waals surface area contributed by atoms with Gasteiger partial charge in [0.25, 0.3) is 0 Å². The lowest BCUT2D eigenvalue weighted by Gasteiger charge is -2.09. The number of halogens is 2. The summed E-state index contributed by atoms with van der Waals surface area (Å²) in [6.45, 7) is 1.95. The van der Waals surface area contributed by atoms with Crippen LogP contribution in [0.1, 0.15) is 18.9 Å². The van der Waals surface area contributed by atoms with Gasteiger partial charge in [0.15, 0.2) is 0 Å². The van der Waals surface area contributed by atoms with Gasteiger partial charge >= 0.3 is 0 Å². The summed E-state index contributed by atoms with van der Waals surface area (Å²) in [5.74, 6) is -0.110. The summed E-state index contributed by atoms with van der Waals surface area (Å²) in [7, 11) is 0. The van der Waals surface area contributed by atoms with Gasteiger partial charge in [-0.25, -0.2) is 4.39 Å². The van der Waals surface area contributed by atoms with E-state index in [0.29, 0.717) is 10.6 Å². The second-order valence-electron chi connectivity index (χ2n) is 3.81. The number of hydrogen-bond donors (Lipinski definition) is 0. The van der Waals surface area contributed by atoms with E-state index in [2.05, 4.69) is 6.07 Å². The van der Waals surface area contributed by atoms with Crippen molar-refractivity contribution in [2.45, 2.75) is 18.8 Å². The molecule has 0 amide bonds. The van der Waals surface area contributed by atoms with Gasteiger partial charge in [-0.15, -0.1) is 0 Å². The molecule has 0 radical (unpaired) electrons. The van der Waals surface area contributed by atoms with Gasteiger partial charge in [0.1, 0.15) is 5.82 Å². The monoisotopic (exact) mass is 209 g/mol. The first-order chi connectivity index (χ1) is 6.60. The van der Waals surface area contributed by atoms with Crippen LogP contribution in [0.4, 0.5) is 4.39 Å². The molecular formula is C11H9ClFN. The Bertz CT molecular complexity index is 424. The van der Waals surface area contributed by atoms with Crippen LogP contribution >= 0.6 is 11.6 Å². The molecule has 0 aromatic heterocycles. The standard InChI is InChI=1S/C11H9ClFN/c1-7-5-11(7,6-14)9-4-8(12)2-3-10(9)13/h2-4,7H,5H2,1H3. The van der Waals surface area contributed by atoms with E-state index in [9.17, 15) is 4.39 Å². The Kier molecular flexibility index (Phi) is 2.01. The summed E-state index contributed by atoms with van der Waals surface area (Å²) in [5.41, 5.74) is -0.186. The van der Waals surface area contributed by atoms with Gasteiger partial charge in [-0.1, -0.05) is 18.5 Å². The van der Waals surface area contributed by atoms with Crippen LogP contribution in [0.15, 0.2) is 18.2 Å². The summed E-state index contributed by atoms with van der Waals surface area (Å²) in [6, 6.07) is 6.57. The molecule has 1 fully saturated rings. The summed E-state index contributed by atoms with van der Waals surface area (Å²) in [6.07, 6.45) is 0.723. The van der Waals surface area contributed by atoms with Crippen LogP contribution in [0, 0.1) is 23.1 Å². The first kappa shape index (κ1) is 9.48. The molecule has 0 saturated heterocycles. The van der Waals surface area contributed by atoms with Crippen molar-refractivity contribution in [2.24, 2.45) is 5.92 Å². The fraction of sp³-hybridized carbons (Fsp3) is 0.364. The molecule has 1 nitrogen and oxygen atoms in total. The molecule has 2 rings (SSSR count). The van der Waals surface area contributed by atoms with Crippen LogP contribution in [-0.4, -0.2) is 0 Å². The number of rotatable bonds is 1. The van der Waals surface area contributed by atoms with Crippen LogP contribution in [0.25, 0.3) is 0 Å². The Hall–Kier alpha value is -1.07. The minimum absolute atomic E-state index is 0.223. The minimum Gasteiger partial charge on any atom is -0.207 e. The summed E-state index contributed by atoms with van der Waals surface area (Å²) < 4.78 is 13.5. The van der Waals surface area contributed by atoms with Gasteiger partial charge in [0, 0.05) is 10.6 Å². The van der Waals surface area contributed by atoms with E-state index < -0.39 is 5.41 Å². The van der Waals surface area contributed by atoms with Gasteiger partial charge < -0.3 is 0 Å². The molecule has 1 aromatic carbocycles. The third kappa shape index (κ3) is 1.20. The lowest BCUT2D eigenvalue weighted by Crippen LogP contribution is -2.08. The Morgan fingerprint density at radius 1 is 1.64 bits per heavy atom. The van der Waals surface area contributed by atoms with Crippen molar-refractivity contribution < 1.29 is 4.39 Å². The zero-order chi connectivity index (χ0) is 10.3. The summed E-state index contributed by atoms with van der Waals surface area (Å²) >= 11 is 5.78. The normalized spacial score (nSPS) is 29.7. The quantitative estimate of drug-likeness (QED) is 0.697. The average Bonchev–Trinajstić information content (AvgIpc) is 2.82. The lowest BCUT2D eigenvalue weighted by molar-refractivity contribution is 0.592. The van der Waals surface area contributed by atoms with Crippen molar-refractivity contribution in [2.75, 3.05) is 0 Å². The molecule has 0 heterocycles. The Morgan fingerprint density at radius 3 is 2.79 bits per heavy atom. The fourth-order valence-electron chi connectivity index (χ4n) is 1.85. The SMILES string of the molecule is CC1CC1(C#N)c1cc(Cl)ccc1F. The van der Waals surface area contributed by atoms with E-state index in [-0.39, 0.29) is 11.7 Å². The molecular weight excluding hydrogens is 201 g/mol. The highest BCUT2D eigenvalue weighted by atomic mass is 35.5. The fourth-order valence-corrected chi connectivity index (χ4v) is 2.03. The molecule has 0 bridgehead atoms. The van der Waals surface area contributed by atoms with Crippen molar-refractivity contribution in [3.63, 3.8) is 0 Å². The molecule has 0 N–H and O–H groups in total. The van der Waals surface area contributed by atoms with E-state index in [4.69, 9.17) is 16.9 Å². The van der Waals surface area contributed by atoms with E-state index >= 15 is 0 Å². The maximum Gasteiger partial charge on any atom is 0.128 e. The number of nitrogens with zero attached hydrogens (tertiary/aromatic N) is 1. The molecule has 1 aliphatic carbocycles. The Labute approximate surface area is 87.1 Å². The maximum atomic E-state index is 13.5. The van der Waals surface area contributed by atoms with E-state index in [0.717, 1.165) is 6.42 Å². The third-order valence-electron chi connectivity index (χ3n) is 2.92. The predicted octanol–water partition coefficient (Wildman–Crippen LogP) is 3.28. The Balaban J connectivity index is 2.52. The highest BCUT2D eigenvalue weighted by molar-refractivity contribution is 6.30. The molecule has 3 heteroatoms. The highest BCUT2D eigenvalue weighted by Crippen LogP contribution is 2.54. The van der Waals surface area contributed by atoms with Crippen molar-refractivity contribution >= 4 is 11.6 Å². The molecule has 2 unspecified atom stereocenters. The number of hydrogen-bond acceptors (Lipinski definition) is 1. The molecule has 14 heavy (non-hydrogen) atoms. The predicted molar refractivity (Wildman–Crippen MR) is 52.5 cm³/mol. The zero-order valence-corrected chi connectivity index (χ0v) is 8.48. The average molecular weight is 210 g/mol. The van der Waals surface area contributed by atoms with Crippen molar-refractivity contribution in [3.8, 4) is 6.07 Å². The second-order valence-corrected chi connectivity index (χ2v) is 4.25. The molecule has 0 aliphatic heterocycles. The molecule has 1 aromatic rings. The first-order valence-corrected chi connectivity index (χ1v) is 4.85. The topological polar surface area (TPSA) is 23.8 Å². The molecule has 72 valence electrons. The van der Waals surface area contributed by atoms with Gasteiger partial charge in [-0.3, -0.25) is 0 Å². The first-order valence-electron chi connectivity index (χ1n) is 4.47. The second kappa shape index (κ2) is 2.96. The largest absolute Gasteiger partial charge is 0.207 e. The van der Waals surface area contributed by atoms with Crippen LogP contribution in [0.3, 0.4) is 0 Å². The van der Waals surface area contributed by atoms with Crippen molar-refractivity contribution in [1.82, 2.24) is 0 Å². The highest BCUT2D eigenvalue weighted by Gasteiger charge is 2.54. The summed E-state index contributed by atoms with van der Waals surface area (Å²) in [5, 5.41) is 9.52. The van der Waals surface area contributed by atoms with Gasteiger partial charge in [-0.05, 0) is 30.5 Å². The Morgan fingerprint density at radius 2 is 2.29 bits per heavy atom. The number of nitriles is 1. The van der Waals surface area contributed by atoms with Crippen molar-refractivity contribution in [1.29, 1.82) is 5.26 Å². The van der Waals surface area contributed by atoms with Gasteiger partial charge in [-0.2, -0.15) is 5.26 Å². The molecule has 1 aliphatic rings. The number of benzene rings is 1.